The smallest absolute Gasteiger partial charge is 0.341 e. The molecule has 0 atom stereocenters. The van der Waals surface area contributed by atoms with Gasteiger partial charge in [-0.3, -0.25) is 4.79 Å². The molecule has 0 saturated carbocycles. The van der Waals surface area contributed by atoms with Crippen LogP contribution in [0.25, 0.3) is 0 Å². The van der Waals surface area contributed by atoms with Crippen LogP contribution >= 0.6 is 23.4 Å². The third-order valence-corrected chi connectivity index (χ3v) is 3.90. The molecule has 0 bridgehead atoms. The molecule has 1 aromatic heterocycles. The number of rotatable bonds is 6. The van der Waals surface area contributed by atoms with E-state index in [-0.39, 0.29) is 0 Å². The lowest BCUT2D eigenvalue weighted by molar-refractivity contribution is -0.119. The van der Waals surface area contributed by atoms with Crippen molar-refractivity contribution in [1.82, 2.24) is 4.98 Å². The van der Waals surface area contributed by atoms with Crippen molar-refractivity contribution < 1.29 is 19.1 Å². The SMILES string of the molecule is COc1ccc(Cl)cc1NC(=O)COC(=O)c1cccnc1SC. The Hall–Kier alpha value is -2.25. The Bertz CT molecular complexity index is 755. The van der Waals surface area contributed by atoms with Gasteiger partial charge in [-0.25, -0.2) is 9.78 Å². The largest absolute Gasteiger partial charge is 0.495 e. The molecule has 0 unspecified atom stereocenters. The van der Waals surface area contributed by atoms with E-state index in [1.807, 2.05) is 0 Å². The average Bonchev–Trinajstić information content (AvgIpc) is 2.59. The van der Waals surface area contributed by atoms with Crippen LogP contribution in [0.2, 0.25) is 5.02 Å². The van der Waals surface area contributed by atoms with Crippen molar-refractivity contribution in [3.8, 4) is 5.75 Å². The molecule has 6 nitrogen and oxygen atoms in total. The first-order valence-corrected chi connectivity index (χ1v) is 8.45. The fourth-order valence-corrected chi connectivity index (χ4v) is 2.59. The number of nitrogens with one attached hydrogen (secondary N) is 1. The summed E-state index contributed by atoms with van der Waals surface area (Å²) in [6.07, 6.45) is 3.39. The van der Waals surface area contributed by atoms with Crippen LogP contribution < -0.4 is 10.1 Å². The van der Waals surface area contributed by atoms with E-state index < -0.39 is 18.5 Å². The van der Waals surface area contributed by atoms with Crippen molar-refractivity contribution in [2.45, 2.75) is 5.03 Å². The quantitative estimate of drug-likeness (QED) is 0.624. The summed E-state index contributed by atoms with van der Waals surface area (Å²) in [6, 6.07) is 8.05. The van der Waals surface area contributed by atoms with E-state index in [0.717, 1.165) is 0 Å². The molecule has 0 aliphatic carbocycles. The van der Waals surface area contributed by atoms with Crippen molar-refractivity contribution in [1.29, 1.82) is 0 Å². The van der Waals surface area contributed by atoms with E-state index in [4.69, 9.17) is 21.1 Å². The topological polar surface area (TPSA) is 77.5 Å². The van der Waals surface area contributed by atoms with Gasteiger partial charge >= 0.3 is 5.97 Å². The second-order valence-electron chi connectivity index (χ2n) is 4.53. The predicted octanol–water partition coefficient (Wildman–Crippen LogP) is 3.26. The van der Waals surface area contributed by atoms with Gasteiger partial charge in [-0.2, -0.15) is 0 Å². The van der Waals surface area contributed by atoms with Gasteiger partial charge in [0.15, 0.2) is 6.61 Å². The molecule has 1 N–H and O–H groups in total. The highest BCUT2D eigenvalue weighted by Crippen LogP contribution is 2.27. The molecule has 0 radical (unpaired) electrons. The molecule has 1 amide bonds. The number of aromatic nitrogens is 1. The standard InChI is InChI=1S/C16H15ClN2O4S/c1-22-13-6-5-10(17)8-12(13)19-14(20)9-23-16(21)11-4-3-7-18-15(11)24-2/h3-8H,9H2,1-2H3,(H,19,20). The van der Waals surface area contributed by atoms with E-state index in [0.29, 0.717) is 27.0 Å². The third kappa shape index (κ3) is 4.62. The molecule has 0 fully saturated rings. The number of thioether (sulfide) groups is 1. The number of ether oxygens (including phenoxy) is 2. The zero-order valence-corrected chi connectivity index (χ0v) is 14.6. The molecule has 0 aliphatic heterocycles. The van der Waals surface area contributed by atoms with Gasteiger partial charge in [0.05, 0.1) is 18.4 Å². The maximum Gasteiger partial charge on any atom is 0.341 e. The maximum atomic E-state index is 12.1. The number of methoxy groups -OCH3 is 1. The highest BCUT2D eigenvalue weighted by atomic mass is 35.5. The summed E-state index contributed by atoms with van der Waals surface area (Å²) in [4.78, 5) is 28.1. The zero-order chi connectivity index (χ0) is 17.5. The Kier molecular flexibility index (Phi) is 6.45. The molecule has 0 saturated heterocycles. The van der Waals surface area contributed by atoms with Gasteiger partial charge in [0, 0.05) is 11.2 Å². The number of amides is 1. The minimum Gasteiger partial charge on any atom is -0.495 e. The van der Waals surface area contributed by atoms with Crippen molar-refractivity contribution in [2.24, 2.45) is 0 Å². The Balaban J connectivity index is 1.98. The first-order valence-electron chi connectivity index (χ1n) is 6.84. The van der Waals surface area contributed by atoms with Crippen LogP contribution in [0, 0.1) is 0 Å². The van der Waals surface area contributed by atoms with E-state index in [1.165, 1.54) is 18.9 Å². The molecular weight excluding hydrogens is 352 g/mol. The Morgan fingerprint density at radius 2 is 2.12 bits per heavy atom. The molecule has 8 heteroatoms. The predicted molar refractivity (Wildman–Crippen MR) is 92.9 cm³/mol. The van der Waals surface area contributed by atoms with Crippen LogP contribution in [-0.2, 0) is 9.53 Å². The van der Waals surface area contributed by atoms with E-state index >= 15 is 0 Å². The number of carbonyl (C=O) groups is 2. The highest BCUT2D eigenvalue weighted by Gasteiger charge is 2.15. The van der Waals surface area contributed by atoms with Gasteiger partial charge < -0.3 is 14.8 Å². The first kappa shape index (κ1) is 18.1. The van der Waals surface area contributed by atoms with Crippen LogP contribution in [0.5, 0.6) is 5.75 Å². The minimum absolute atomic E-state index is 0.318. The number of hydrogen-bond acceptors (Lipinski definition) is 6. The van der Waals surface area contributed by atoms with E-state index in [2.05, 4.69) is 10.3 Å². The number of halogens is 1. The van der Waals surface area contributed by atoms with Crippen LogP contribution in [0.3, 0.4) is 0 Å². The molecule has 1 aromatic carbocycles. The lowest BCUT2D eigenvalue weighted by Crippen LogP contribution is -2.21. The van der Waals surface area contributed by atoms with Crippen molar-refractivity contribution in [3.05, 3.63) is 47.1 Å². The number of pyridine rings is 1. The summed E-state index contributed by atoms with van der Waals surface area (Å²) >= 11 is 7.22. The molecule has 2 rings (SSSR count). The van der Waals surface area contributed by atoms with E-state index in [1.54, 1.807) is 42.8 Å². The minimum atomic E-state index is -0.611. The van der Waals surface area contributed by atoms with E-state index in [9.17, 15) is 9.59 Å². The van der Waals surface area contributed by atoms with Gasteiger partial charge in [0.1, 0.15) is 10.8 Å². The summed E-state index contributed by atoms with van der Waals surface area (Å²) in [7, 11) is 1.48. The molecule has 24 heavy (non-hydrogen) atoms. The Morgan fingerprint density at radius 1 is 1.33 bits per heavy atom. The fourth-order valence-electron chi connectivity index (χ4n) is 1.88. The molecule has 126 valence electrons. The van der Waals surface area contributed by atoms with Crippen molar-refractivity contribution in [2.75, 3.05) is 25.3 Å². The number of hydrogen-bond donors (Lipinski definition) is 1. The van der Waals surface area contributed by atoms with Crippen molar-refractivity contribution in [3.63, 3.8) is 0 Å². The summed E-state index contributed by atoms with van der Waals surface area (Å²) in [5.74, 6) is -0.657. The monoisotopic (exact) mass is 366 g/mol. The van der Waals surface area contributed by atoms with Gasteiger partial charge in [0.25, 0.3) is 5.91 Å². The summed E-state index contributed by atoms with van der Waals surface area (Å²) < 4.78 is 10.2. The summed E-state index contributed by atoms with van der Waals surface area (Å²) in [5.41, 5.74) is 0.718. The lowest BCUT2D eigenvalue weighted by atomic mass is 10.3. The fraction of sp³-hybridized carbons (Fsp3) is 0.188. The van der Waals surface area contributed by atoms with Gasteiger partial charge in [0.2, 0.25) is 0 Å². The summed E-state index contributed by atoms with van der Waals surface area (Å²) in [6.45, 7) is -0.433. The number of benzene rings is 1. The molecule has 2 aromatic rings. The van der Waals surface area contributed by atoms with Gasteiger partial charge in [-0.05, 0) is 36.6 Å². The van der Waals surface area contributed by atoms with Crippen molar-refractivity contribution >= 4 is 40.9 Å². The van der Waals surface area contributed by atoms with Gasteiger partial charge in [-0.15, -0.1) is 11.8 Å². The molecular formula is C16H15ClN2O4S. The Morgan fingerprint density at radius 3 is 2.83 bits per heavy atom. The number of esters is 1. The molecule has 0 aliphatic rings. The lowest BCUT2D eigenvalue weighted by Gasteiger charge is -2.11. The number of nitrogens with zero attached hydrogens (tertiary/aromatic N) is 1. The maximum absolute atomic E-state index is 12.1. The number of anilines is 1. The second-order valence-corrected chi connectivity index (χ2v) is 5.76. The summed E-state index contributed by atoms with van der Waals surface area (Å²) in [5, 5.41) is 3.58. The average molecular weight is 367 g/mol. The van der Waals surface area contributed by atoms with Crippen LogP contribution in [-0.4, -0.2) is 36.8 Å². The van der Waals surface area contributed by atoms with Crippen LogP contribution in [0.15, 0.2) is 41.6 Å². The first-order chi connectivity index (χ1) is 11.5. The zero-order valence-electron chi connectivity index (χ0n) is 13.0. The molecule has 0 spiro atoms. The van der Waals surface area contributed by atoms with Crippen LogP contribution in [0.4, 0.5) is 5.69 Å². The second kappa shape index (κ2) is 8.56. The highest BCUT2D eigenvalue weighted by molar-refractivity contribution is 7.98. The third-order valence-electron chi connectivity index (χ3n) is 2.95. The normalized spacial score (nSPS) is 10.1. The molecule has 1 heterocycles. The van der Waals surface area contributed by atoms with Crippen LogP contribution in [0.1, 0.15) is 10.4 Å². The number of carbonyl (C=O) groups excluding carboxylic acids is 2. The van der Waals surface area contributed by atoms with Gasteiger partial charge in [-0.1, -0.05) is 11.6 Å². The Labute approximate surface area is 148 Å².